The zero-order valence-electron chi connectivity index (χ0n) is 13.3. The number of carbonyl (C=O) groups is 1. The summed E-state index contributed by atoms with van der Waals surface area (Å²) < 4.78 is 6.61. The van der Waals surface area contributed by atoms with Gasteiger partial charge in [-0.05, 0) is 37.5 Å². The molecule has 0 spiro atoms. The van der Waals surface area contributed by atoms with Crippen LogP contribution < -0.4 is 10.9 Å². The number of aromatic nitrogens is 1. The summed E-state index contributed by atoms with van der Waals surface area (Å²) in [5, 5.41) is 3.61. The van der Waals surface area contributed by atoms with Crippen LogP contribution in [0.25, 0.3) is 0 Å². The van der Waals surface area contributed by atoms with Crippen LogP contribution in [0.5, 0.6) is 0 Å². The summed E-state index contributed by atoms with van der Waals surface area (Å²) in [6, 6.07) is 5.00. The molecule has 0 saturated carbocycles. The van der Waals surface area contributed by atoms with Gasteiger partial charge in [0.2, 0.25) is 0 Å². The molecule has 2 bridgehead atoms. The first kappa shape index (κ1) is 16.0. The van der Waals surface area contributed by atoms with Crippen LogP contribution in [0.1, 0.15) is 25.0 Å². The normalized spacial score (nSPS) is 23.7. The van der Waals surface area contributed by atoms with Crippen LogP contribution in [0.4, 0.5) is 0 Å². The number of esters is 1. The smallest absolute Gasteiger partial charge is 0.328 e. The van der Waals surface area contributed by atoms with Crippen LogP contribution in [0.2, 0.25) is 0 Å². The van der Waals surface area contributed by atoms with Crippen LogP contribution in [-0.4, -0.2) is 46.8 Å². The monoisotopic (exact) mass is 335 g/mol. The average Bonchev–Trinajstić information content (AvgIpc) is 2.54. The van der Waals surface area contributed by atoms with Crippen molar-refractivity contribution < 1.29 is 9.53 Å². The molecule has 2 aliphatic heterocycles. The lowest BCUT2D eigenvalue weighted by atomic mass is 9.83. The summed E-state index contributed by atoms with van der Waals surface area (Å²) in [5.41, 5.74) is 1.16. The van der Waals surface area contributed by atoms with Gasteiger partial charge >= 0.3 is 5.97 Å². The molecular weight excluding hydrogens is 314 g/mol. The first-order valence-corrected chi connectivity index (χ1v) is 8.23. The molecule has 7 heteroatoms. The lowest BCUT2D eigenvalue weighted by Crippen LogP contribution is -2.54. The highest BCUT2D eigenvalue weighted by atomic mass is 32.1. The highest BCUT2D eigenvalue weighted by Gasteiger charge is 2.35. The van der Waals surface area contributed by atoms with Gasteiger partial charge in [0, 0.05) is 37.3 Å². The zero-order valence-corrected chi connectivity index (χ0v) is 14.1. The van der Waals surface area contributed by atoms with Crippen LogP contribution in [0, 0.1) is 5.92 Å². The maximum absolute atomic E-state index is 12.0. The number of piperidine rings is 1. The summed E-state index contributed by atoms with van der Waals surface area (Å²) in [7, 11) is 1.36. The summed E-state index contributed by atoms with van der Waals surface area (Å²) in [4.78, 5) is 25.7. The molecule has 1 aromatic heterocycles. The third-order valence-electron chi connectivity index (χ3n) is 4.66. The Hall–Kier alpha value is -1.89. The third-order valence-corrected chi connectivity index (χ3v) is 5.04. The van der Waals surface area contributed by atoms with E-state index in [1.807, 2.05) is 16.7 Å². The van der Waals surface area contributed by atoms with Crippen molar-refractivity contribution in [2.45, 2.75) is 31.8 Å². The summed E-state index contributed by atoms with van der Waals surface area (Å²) >= 11 is 5.46. The fraction of sp³-hybridized carbons (Fsp3) is 0.562. The number of carbonyl (C=O) groups excluding carboxylic acids is 1. The molecule has 3 rings (SSSR count). The summed E-state index contributed by atoms with van der Waals surface area (Å²) in [5.74, 6) is 0.362. The predicted molar refractivity (Wildman–Crippen MR) is 90.3 cm³/mol. The Morgan fingerprint density at radius 2 is 2.17 bits per heavy atom. The van der Waals surface area contributed by atoms with Crippen LogP contribution in [0.15, 0.2) is 23.0 Å². The highest BCUT2D eigenvalue weighted by Crippen LogP contribution is 2.34. The van der Waals surface area contributed by atoms with E-state index in [-0.39, 0.29) is 11.5 Å². The molecule has 0 unspecified atom stereocenters. The van der Waals surface area contributed by atoms with E-state index in [0.29, 0.717) is 16.9 Å². The molecule has 1 saturated heterocycles. The van der Waals surface area contributed by atoms with Crippen molar-refractivity contribution in [2.24, 2.45) is 5.92 Å². The molecular formula is C16H21N3O3S. The van der Waals surface area contributed by atoms with Crippen molar-refractivity contribution >= 4 is 23.3 Å². The molecule has 1 aromatic rings. The maximum atomic E-state index is 12.0. The highest BCUT2D eigenvalue weighted by molar-refractivity contribution is 7.80. The maximum Gasteiger partial charge on any atom is 0.328 e. The number of hydrogen-bond donors (Lipinski definition) is 1. The molecule has 3 atom stereocenters. The van der Waals surface area contributed by atoms with Gasteiger partial charge in [-0.25, -0.2) is 4.79 Å². The number of fused-ring (bicyclic) bond motifs is 4. The fourth-order valence-electron chi connectivity index (χ4n) is 3.57. The van der Waals surface area contributed by atoms with Crippen molar-refractivity contribution in [2.75, 3.05) is 20.2 Å². The summed E-state index contributed by atoms with van der Waals surface area (Å²) in [6.45, 7) is 4.03. The largest absolute Gasteiger partial charge is 0.467 e. The SMILES string of the molecule is COC(=O)[C@@H](C)NC(=S)N1C[C@@H]2C[C@H](C1)c1cccc(=O)n1C2. The molecule has 124 valence electrons. The zero-order chi connectivity index (χ0) is 16.6. The fourth-order valence-corrected chi connectivity index (χ4v) is 3.90. The van der Waals surface area contributed by atoms with Crippen molar-refractivity contribution in [3.8, 4) is 0 Å². The van der Waals surface area contributed by atoms with E-state index in [9.17, 15) is 9.59 Å². The summed E-state index contributed by atoms with van der Waals surface area (Å²) in [6.07, 6.45) is 1.08. The van der Waals surface area contributed by atoms with E-state index in [1.165, 1.54) is 7.11 Å². The van der Waals surface area contributed by atoms with E-state index >= 15 is 0 Å². The minimum Gasteiger partial charge on any atom is -0.467 e. The Bertz CT molecular complexity index is 687. The molecule has 23 heavy (non-hydrogen) atoms. The van der Waals surface area contributed by atoms with E-state index < -0.39 is 6.04 Å². The molecule has 0 aliphatic carbocycles. The number of nitrogens with zero attached hydrogens (tertiary/aromatic N) is 2. The molecule has 2 aliphatic rings. The second kappa shape index (κ2) is 6.31. The van der Waals surface area contributed by atoms with Gasteiger partial charge in [-0.2, -0.15) is 0 Å². The van der Waals surface area contributed by atoms with Gasteiger partial charge in [0.1, 0.15) is 6.04 Å². The number of nitrogens with one attached hydrogen (secondary N) is 1. The molecule has 3 heterocycles. The minimum absolute atomic E-state index is 0.0747. The van der Waals surface area contributed by atoms with E-state index in [2.05, 4.69) is 10.2 Å². The van der Waals surface area contributed by atoms with Crippen molar-refractivity contribution in [3.63, 3.8) is 0 Å². The van der Waals surface area contributed by atoms with Gasteiger partial charge in [0.25, 0.3) is 5.56 Å². The van der Waals surface area contributed by atoms with Gasteiger partial charge in [-0.1, -0.05) is 6.07 Å². The number of pyridine rings is 1. The number of hydrogen-bond acceptors (Lipinski definition) is 4. The Balaban J connectivity index is 1.74. The number of methoxy groups -OCH3 is 1. The molecule has 6 nitrogen and oxygen atoms in total. The van der Waals surface area contributed by atoms with Gasteiger partial charge in [0.05, 0.1) is 7.11 Å². The van der Waals surface area contributed by atoms with Gasteiger partial charge in [-0.15, -0.1) is 0 Å². The topological polar surface area (TPSA) is 63.6 Å². The predicted octanol–water partition coefficient (Wildman–Crippen LogP) is 0.703. The van der Waals surface area contributed by atoms with Gasteiger partial charge in [-0.3, -0.25) is 4.79 Å². The number of ether oxygens (including phenoxy) is 1. The van der Waals surface area contributed by atoms with Crippen molar-refractivity contribution in [3.05, 3.63) is 34.2 Å². The first-order valence-electron chi connectivity index (χ1n) is 7.82. The van der Waals surface area contributed by atoms with E-state index in [0.717, 1.165) is 31.7 Å². The minimum atomic E-state index is -0.468. The standard InChI is InChI=1S/C16H21N3O3S/c1-10(15(21)22-2)17-16(23)18-7-11-6-12(9-18)13-4-3-5-14(20)19(13)8-11/h3-5,10-12H,6-9H2,1-2H3,(H,17,23)/t10-,11+,12-/m1/s1. The Kier molecular flexibility index (Phi) is 4.39. The number of thiocarbonyl (C=S) groups is 1. The van der Waals surface area contributed by atoms with Crippen LogP contribution in [0.3, 0.4) is 0 Å². The molecule has 1 N–H and O–H groups in total. The lowest BCUT2D eigenvalue weighted by molar-refractivity contribution is -0.142. The van der Waals surface area contributed by atoms with E-state index in [1.54, 1.807) is 13.0 Å². The second-order valence-corrected chi connectivity index (χ2v) is 6.68. The molecule has 0 radical (unpaired) electrons. The van der Waals surface area contributed by atoms with Crippen LogP contribution >= 0.6 is 12.2 Å². The Morgan fingerprint density at radius 1 is 1.39 bits per heavy atom. The lowest BCUT2D eigenvalue weighted by Gasteiger charge is -2.43. The molecule has 1 fully saturated rings. The van der Waals surface area contributed by atoms with E-state index in [4.69, 9.17) is 17.0 Å². The molecule has 0 amide bonds. The first-order chi connectivity index (χ1) is 11.0. The quantitative estimate of drug-likeness (QED) is 0.634. The van der Waals surface area contributed by atoms with Gasteiger partial charge in [0.15, 0.2) is 5.11 Å². The molecule has 0 aromatic carbocycles. The Labute approximate surface area is 140 Å². The Morgan fingerprint density at radius 3 is 2.91 bits per heavy atom. The number of rotatable bonds is 2. The van der Waals surface area contributed by atoms with Crippen molar-refractivity contribution in [1.82, 2.24) is 14.8 Å². The average molecular weight is 335 g/mol. The second-order valence-electron chi connectivity index (χ2n) is 6.30. The third kappa shape index (κ3) is 3.10. The van der Waals surface area contributed by atoms with Crippen molar-refractivity contribution in [1.29, 1.82) is 0 Å². The van der Waals surface area contributed by atoms with Crippen LogP contribution in [-0.2, 0) is 16.1 Å². The van der Waals surface area contributed by atoms with Gasteiger partial charge < -0.3 is 19.5 Å². The number of likely N-dealkylation sites (tertiary alicyclic amines) is 1.